The lowest BCUT2D eigenvalue weighted by Crippen LogP contribution is -2.46. The topological polar surface area (TPSA) is 86.9 Å². The second kappa shape index (κ2) is 6.36. The van der Waals surface area contributed by atoms with Crippen molar-refractivity contribution in [2.75, 3.05) is 20.3 Å². The van der Waals surface area contributed by atoms with Crippen molar-refractivity contribution in [1.29, 1.82) is 0 Å². The van der Waals surface area contributed by atoms with Gasteiger partial charge in [0.15, 0.2) is 17.3 Å². The maximum atomic E-state index is 13.0. The molecule has 8 heteroatoms. The average molecular weight is 345 g/mol. The zero-order valence-corrected chi connectivity index (χ0v) is 14.0. The zero-order chi connectivity index (χ0) is 17.4. The van der Waals surface area contributed by atoms with Crippen molar-refractivity contribution in [3.05, 3.63) is 36.0 Å². The molecule has 3 heterocycles. The van der Waals surface area contributed by atoms with E-state index in [-0.39, 0.29) is 24.7 Å². The first-order valence-corrected chi connectivity index (χ1v) is 8.17. The molecule has 2 aromatic rings. The van der Waals surface area contributed by atoms with Crippen LogP contribution in [0.2, 0.25) is 0 Å². The Hall–Kier alpha value is -2.61. The van der Waals surface area contributed by atoms with Gasteiger partial charge in [-0.25, -0.2) is 0 Å². The van der Waals surface area contributed by atoms with Gasteiger partial charge >= 0.3 is 0 Å². The lowest BCUT2D eigenvalue weighted by atomic mass is 10.2. The third-order valence-corrected chi connectivity index (χ3v) is 4.49. The van der Waals surface area contributed by atoms with Crippen LogP contribution in [0, 0.1) is 6.92 Å². The molecule has 1 amide bonds. The highest BCUT2D eigenvalue weighted by Crippen LogP contribution is 2.36. The SMILES string of the molecule is CO[C@H]1C[C@H](c2nc(C)no2)N(C(=O)[C@@H]2COc3ccccc3O2)C1. The number of carbonyl (C=O) groups excluding carboxylic acids is 1. The molecule has 1 aromatic heterocycles. The molecule has 0 bridgehead atoms. The van der Waals surface area contributed by atoms with Gasteiger partial charge in [0.05, 0.1) is 6.10 Å². The molecule has 0 aliphatic carbocycles. The van der Waals surface area contributed by atoms with Crippen molar-refractivity contribution >= 4 is 5.91 Å². The summed E-state index contributed by atoms with van der Waals surface area (Å²) in [6, 6.07) is 6.99. The van der Waals surface area contributed by atoms with Crippen LogP contribution in [-0.4, -0.2) is 53.4 Å². The monoisotopic (exact) mass is 345 g/mol. The Labute approximate surface area is 144 Å². The minimum atomic E-state index is -0.711. The summed E-state index contributed by atoms with van der Waals surface area (Å²) in [5.74, 6) is 2.00. The molecular weight excluding hydrogens is 326 g/mol. The number of likely N-dealkylation sites (tertiary alicyclic amines) is 1. The predicted molar refractivity (Wildman–Crippen MR) is 85.3 cm³/mol. The summed E-state index contributed by atoms with van der Waals surface area (Å²) in [5, 5.41) is 3.83. The first-order chi connectivity index (χ1) is 12.2. The van der Waals surface area contributed by atoms with Gasteiger partial charge in [-0.3, -0.25) is 4.79 Å². The highest BCUT2D eigenvalue weighted by Gasteiger charge is 2.43. The average Bonchev–Trinajstić information content (AvgIpc) is 3.26. The molecule has 132 valence electrons. The number of aromatic nitrogens is 2. The van der Waals surface area contributed by atoms with E-state index in [9.17, 15) is 4.79 Å². The summed E-state index contributed by atoms with van der Waals surface area (Å²) < 4.78 is 22.2. The number of hydrogen-bond donors (Lipinski definition) is 0. The van der Waals surface area contributed by atoms with E-state index >= 15 is 0 Å². The number of aryl methyl sites for hydroxylation is 1. The highest BCUT2D eigenvalue weighted by atomic mass is 16.6. The first kappa shape index (κ1) is 15.9. The quantitative estimate of drug-likeness (QED) is 0.833. The fourth-order valence-electron chi connectivity index (χ4n) is 3.22. The van der Waals surface area contributed by atoms with E-state index in [1.807, 2.05) is 18.2 Å². The Bertz CT molecular complexity index is 777. The molecule has 25 heavy (non-hydrogen) atoms. The number of amides is 1. The summed E-state index contributed by atoms with van der Waals surface area (Å²) in [6.07, 6.45) is -0.191. The fourth-order valence-corrected chi connectivity index (χ4v) is 3.22. The molecule has 1 saturated heterocycles. The van der Waals surface area contributed by atoms with Crippen LogP contribution < -0.4 is 9.47 Å². The van der Waals surface area contributed by atoms with Crippen LogP contribution in [0.25, 0.3) is 0 Å². The van der Waals surface area contributed by atoms with Gasteiger partial charge in [-0.1, -0.05) is 17.3 Å². The van der Waals surface area contributed by atoms with Gasteiger partial charge in [0.1, 0.15) is 12.6 Å². The molecule has 3 atom stereocenters. The minimum absolute atomic E-state index is 0.0852. The van der Waals surface area contributed by atoms with Crippen LogP contribution in [0.1, 0.15) is 24.2 Å². The molecule has 1 fully saturated rings. The number of fused-ring (bicyclic) bond motifs is 1. The molecule has 4 rings (SSSR count). The van der Waals surface area contributed by atoms with Crippen LogP contribution in [0.3, 0.4) is 0 Å². The minimum Gasteiger partial charge on any atom is -0.485 e. The Morgan fingerprint density at radius 1 is 1.32 bits per heavy atom. The number of benzene rings is 1. The highest BCUT2D eigenvalue weighted by molar-refractivity contribution is 5.82. The third-order valence-electron chi connectivity index (χ3n) is 4.49. The number of para-hydroxylation sites is 2. The number of hydrogen-bond acceptors (Lipinski definition) is 7. The lowest BCUT2D eigenvalue weighted by molar-refractivity contribution is -0.143. The number of nitrogens with zero attached hydrogens (tertiary/aromatic N) is 3. The van der Waals surface area contributed by atoms with E-state index < -0.39 is 6.10 Å². The summed E-state index contributed by atoms with van der Waals surface area (Å²) in [4.78, 5) is 19.0. The number of rotatable bonds is 3. The van der Waals surface area contributed by atoms with Gasteiger partial charge in [-0.15, -0.1) is 0 Å². The second-order valence-corrected chi connectivity index (χ2v) is 6.14. The van der Waals surface area contributed by atoms with Gasteiger partial charge < -0.3 is 23.6 Å². The maximum Gasteiger partial charge on any atom is 0.268 e. The van der Waals surface area contributed by atoms with E-state index in [2.05, 4.69) is 10.1 Å². The van der Waals surface area contributed by atoms with Crippen molar-refractivity contribution in [2.45, 2.75) is 31.6 Å². The molecule has 0 unspecified atom stereocenters. The van der Waals surface area contributed by atoms with Gasteiger partial charge in [0.2, 0.25) is 12.0 Å². The zero-order valence-electron chi connectivity index (χ0n) is 14.0. The summed E-state index contributed by atoms with van der Waals surface area (Å²) in [7, 11) is 1.63. The number of methoxy groups -OCH3 is 1. The van der Waals surface area contributed by atoms with Gasteiger partial charge in [0.25, 0.3) is 5.91 Å². The van der Waals surface area contributed by atoms with Gasteiger partial charge in [-0.2, -0.15) is 4.98 Å². The van der Waals surface area contributed by atoms with E-state index in [1.165, 1.54) is 0 Å². The first-order valence-electron chi connectivity index (χ1n) is 8.17. The van der Waals surface area contributed by atoms with Crippen LogP contribution in [0.15, 0.2) is 28.8 Å². The number of ether oxygens (including phenoxy) is 3. The molecule has 1 aromatic carbocycles. The fraction of sp³-hybridized carbons (Fsp3) is 0.471. The van der Waals surface area contributed by atoms with E-state index in [4.69, 9.17) is 18.7 Å². The molecule has 0 spiro atoms. The molecule has 8 nitrogen and oxygen atoms in total. The van der Waals surface area contributed by atoms with Crippen LogP contribution in [-0.2, 0) is 9.53 Å². The van der Waals surface area contributed by atoms with Crippen molar-refractivity contribution in [3.8, 4) is 11.5 Å². The standard InChI is InChI=1S/C17H19N3O5/c1-10-18-16(25-19-10)12-7-11(22-2)8-20(12)17(21)15-9-23-13-5-3-4-6-14(13)24-15/h3-6,11-12,15H,7-9H2,1-2H3/t11-,12+,15-/m0/s1. The van der Waals surface area contributed by atoms with Crippen molar-refractivity contribution in [2.24, 2.45) is 0 Å². The predicted octanol–water partition coefficient (Wildman–Crippen LogP) is 1.51. The summed E-state index contributed by atoms with van der Waals surface area (Å²) >= 11 is 0. The van der Waals surface area contributed by atoms with E-state index in [0.717, 1.165) is 0 Å². The molecule has 0 N–H and O–H groups in total. The lowest BCUT2D eigenvalue weighted by Gasteiger charge is -2.30. The summed E-state index contributed by atoms with van der Waals surface area (Å²) in [6.45, 7) is 2.36. The van der Waals surface area contributed by atoms with Gasteiger partial charge in [-0.05, 0) is 19.1 Å². The van der Waals surface area contributed by atoms with Crippen molar-refractivity contribution in [3.63, 3.8) is 0 Å². The molecule has 2 aliphatic rings. The summed E-state index contributed by atoms with van der Waals surface area (Å²) in [5.41, 5.74) is 0. The molecular formula is C17H19N3O5. The van der Waals surface area contributed by atoms with Crippen molar-refractivity contribution in [1.82, 2.24) is 15.0 Å². The van der Waals surface area contributed by atoms with Crippen LogP contribution in [0.4, 0.5) is 0 Å². The Kier molecular flexibility index (Phi) is 4.04. The third kappa shape index (κ3) is 2.93. The van der Waals surface area contributed by atoms with Crippen LogP contribution in [0.5, 0.6) is 11.5 Å². The largest absolute Gasteiger partial charge is 0.485 e. The Balaban J connectivity index is 1.55. The Morgan fingerprint density at radius 3 is 2.84 bits per heavy atom. The Morgan fingerprint density at radius 2 is 2.12 bits per heavy atom. The number of carbonyl (C=O) groups is 1. The normalized spacial score (nSPS) is 25.2. The smallest absolute Gasteiger partial charge is 0.268 e. The van der Waals surface area contributed by atoms with Crippen molar-refractivity contribution < 1.29 is 23.5 Å². The van der Waals surface area contributed by atoms with Gasteiger partial charge in [0, 0.05) is 20.1 Å². The molecule has 0 saturated carbocycles. The second-order valence-electron chi connectivity index (χ2n) is 6.14. The van der Waals surface area contributed by atoms with Crippen LogP contribution >= 0.6 is 0 Å². The van der Waals surface area contributed by atoms with E-state index in [0.29, 0.717) is 36.2 Å². The maximum absolute atomic E-state index is 13.0. The van der Waals surface area contributed by atoms with E-state index in [1.54, 1.807) is 25.0 Å². The molecule has 0 radical (unpaired) electrons. The molecule has 2 aliphatic heterocycles.